The maximum atomic E-state index is 10.9. The summed E-state index contributed by atoms with van der Waals surface area (Å²) in [5, 5.41) is 29.2. The number of nitrogens with zero attached hydrogens (tertiary/aromatic N) is 1. The maximum absolute atomic E-state index is 10.9. The number of nitro benzene ring substituents is 1. The van der Waals surface area contributed by atoms with Crippen LogP contribution in [0.3, 0.4) is 0 Å². The number of carboxylic acid groups (broad SMARTS) is 1. The maximum Gasteiger partial charge on any atom is 0.339 e. The first-order valence-electron chi connectivity index (χ1n) is 5.88. The van der Waals surface area contributed by atoms with Crippen molar-refractivity contribution in [2.75, 3.05) is 0 Å². The summed E-state index contributed by atoms with van der Waals surface area (Å²) in [4.78, 5) is 20.9. The van der Waals surface area contributed by atoms with Crippen molar-refractivity contribution >= 4 is 11.7 Å². The number of ether oxygens (including phenoxy) is 1. The highest BCUT2D eigenvalue weighted by molar-refractivity contribution is 5.91. The van der Waals surface area contributed by atoms with Crippen molar-refractivity contribution in [3.8, 4) is 17.2 Å². The van der Waals surface area contributed by atoms with Gasteiger partial charge in [-0.05, 0) is 31.2 Å². The second-order valence-corrected chi connectivity index (χ2v) is 4.24. The van der Waals surface area contributed by atoms with Gasteiger partial charge in [0.15, 0.2) is 0 Å². The van der Waals surface area contributed by atoms with Crippen LogP contribution in [-0.4, -0.2) is 21.1 Å². The first kappa shape index (κ1) is 14.3. The Bertz CT molecular complexity index is 708. The number of phenols is 1. The van der Waals surface area contributed by atoms with E-state index >= 15 is 0 Å². The fraction of sp³-hybridized carbons (Fsp3) is 0.0714. The SMILES string of the molecule is Cc1c(Oc2ccc([N+](=O)[O-])cc2)ccc(C(=O)O)c1O. The van der Waals surface area contributed by atoms with Crippen LogP contribution in [-0.2, 0) is 0 Å². The van der Waals surface area contributed by atoms with Crippen molar-refractivity contribution in [1.29, 1.82) is 0 Å². The van der Waals surface area contributed by atoms with Gasteiger partial charge >= 0.3 is 5.97 Å². The van der Waals surface area contributed by atoms with Gasteiger partial charge in [0.1, 0.15) is 22.8 Å². The van der Waals surface area contributed by atoms with Gasteiger partial charge in [0.05, 0.1) is 4.92 Å². The number of hydrogen-bond donors (Lipinski definition) is 2. The topological polar surface area (TPSA) is 110 Å². The third kappa shape index (κ3) is 2.92. The van der Waals surface area contributed by atoms with Gasteiger partial charge in [-0.15, -0.1) is 0 Å². The smallest absolute Gasteiger partial charge is 0.339 e. The molecule has 0 saturated carbocycles. The lowest BCUT2D eigenvalue weighted by atomic mass is 10.1. The molecule has 0 heterocycles. The molecular formula is C14H11NO6. The molecule has 0 amide bonds. The largest absolute Gasteiger partial charge is 0.507 e. The van der Waals surface area contributed by atoms with Crippen LogP contribution in [0.1, 0.15) is 15.9 Å². The quantitative estimate of drug-likeness (QED) is 0.661. The summed E-state index contributed by atoms with van der Waals surface area (Å²) in [6, 6.07) is 8.05. The molecule has 0 unspecified atom stereocenters. The molecule has 0 spiro atoms. The standard InChI is InChI=1S/C14H11NO6/c1-8-12(7-6-11(13(8)16)14(17)18)21-10-4-2-9(3-5-10)15(19)20/h2-7,16H,1H3,(H,17,18). The third-order valence-corrected chi connectivity index (χ3v) is 2.89. The number of hydrogen-bond acceptors (Lipinski definition) is 5. The van der Waals surface area contributed by atoms with Gasteiger partial charge in [-0.2, -0.15) is 0 Å². The van der Waals surface area contributed by atoms with E-state index in [1.165, 1.54) is 43.3 Å². The van der Waals surface area contributed by atoms with E-state index in [0.29, 0.717) is 5.75 Å². The average molecular weight is 289 g/mol. The van der Waals surface area contributed by atoms with E-state index in [4.69, 9.17) is 9.84 Å². The summed E-state index contributed by atoms with van der Waals surface area (Å²) in [6.07, 6.45) is 0. The lowest BCUT2D eigenvalue weighted by molar-refractivity contribution is -0.384. The average Bonchev–Trinajstić information content (AvgIpc) is 2.44. The van der Waals surface area contributed by atoms with E-state index in [2.05, 4.69) is 0 Å². The lowest BCUT2D eigenvalue weighted by Crippen LogP contribution is -1.99. The molecule has 0 bridgehead atoms. The third-order valence-electron chi connectivity index (χ3n) is 2.89. The van der Waals surface area contributed by atoms with E-state index in [9.17, 15) is 20.0 Å². The Labute approximate surface area is 119 Å². The van der Waals surface area contributed by atoms with Crippen LogP contribution in [0.5, 0.6) is 17.2 Å². The van der Waals surface area contributed by atoms with Gasteiger partial charge in [-0.3, -0.25) is 10.1 Å². The van der Waals surface area contributed by atoms with Crippen molar-refractivity contribution < 1.29 is 24.7 Å². The molecule has 7 heteroatoms. The van der Waals surface area contributed by atoms with Crippen molar-refractivity contribution in [2.45, 2.75) is 6.92 Å². The van der Waals surface area contributed by atoms with E-state index in [1.807, 2.05) is 0 Å². The fourth-order valence-electron chi connectivity index (χ4n) is 1.73. The predicted molar refractivity (Wildman–Crippen MR) is 73.0 cm³/mol. The highest BCUT2D eigenvalue weighted by Crippen LogP contribution is 2.33. The Balaban J connectivity index is 2.29. The van der Waals surface area contributed by atoms with E-state index in [1.54, 1.807) is 0 Å². The summed E-state index contributed by atoms with van der Waals surface area (Å²) < 4.78 is 5.48. The van der Waals surface area contributed by atoms with Gasteiger partial charge in [0, 0.05) is 17.7 Å². The van der Waals surface area contributed by atoms with E-state index < -0.39 is 10.9 Å². The molecule has 0 saturated heterocycles. The first-order valence-corrected chi connectivity index (χ1v) is 5.88. The van der Waals surface area contributed by atoms with Gasteiger partial charge in [-0.1, -0.05) is 0 Å². The Morgan fingerprint density at radius 1 is 1.19 bits per heavy atom. The minimum atomic E-state index is -1.24. The number of rotatable bonds is 4. The normalized spacial score (nSPS) is 10.1. The van der Waals surface area contributed by atoms with Crippen molar-refractivity contribution in [3.05, 3.63) is 57.6 Å². The van der Waals surface area contributed by atoms with Gasteiger partial charge < -0.3 is 14.9 Å². The molecule has 0 aliphatic carbocycles. The highest BCUT2D eigenvalue weighted by Gasteiger charge is 2.15. The summed E-state index contributed by atoms with van der Waals surface area (Å²) >= 11 is 0. The molecule has 0 aliphatic rings. The second-order valence-electron chi connectivity index (χ2n) is 4.24. The van der Waals surface area contributed by atoms with Crippen molar-refractivity contribution in [3.63, 3.8) is 0 Å². The van der Waals surface area contributed by atoms with Crippen LogP contribution in [0.2, 0.25) is 0 Å². The number of carboxylic acids is 1. The van der Waals surface area contributed by atoms with E-state index in [0.717, 1.165) is 0 Å². The Morgan fingerprint density at radius 2 is 1.81 bits per heavy atom. The van der Waals surface area contributed by atoms with Crippen LogP contribution < -0.4 is 4.74 Å². The summed E-state index contributed by atoms with van der Waals surface area (Å²) in [5.74, 6) is -1.00. The first-order chi connectivity index (χ1) is 9.90. The zero-order chi connectivity index (χ0) is 15.6. The molecule has 2 aromatic carbocycles. The highest BCUT2D eigenvalue weighted by atomic mass is 16.6. The Morgan fingerprint density at radius 3 is 2.33 bits per heavy atom. The summed E-state index contributed by atoms with van der Waals surface area (Å²) in [7, 11) is 0. The van der Waals surface area contributed by atoms with Gasteiger partial charge in [-0.25, -0.2) is 4.79 Å². The molecule has 2 N–H and O–H groups in total. The zero-order valence-corrected chi connectivity index (χ0v) is 10.9. The predicted octanol–water partition coefficient (Wildman–Crippen LogP) is 3.10. The van der Waals surface area contributed by atoms with Crippen molar-refractivity contribution in [2.24, 2.45) is 0 Å². The molecule has 108 valence electrons. The molecule has 7 nitrogen and oxygen atoms in total. The molecule has 2 aromatic rings. The molecule has 0 aromatic heterocycles. The minimum Gasteiger partial charge on any atom is -0.507 e. The summed E-state index contributed by atoms with van der Waals surface area (Å²) in [5.41, 5.74) is -0.0139. The molecule has 0 aliphatic heterocycles. The molecule has 0 atom stereocenters. The molecule has 2 rings (SSSR count). The molecule has 21 heavy (non-hydrogen) atoms. The number of benzene rings is 2. The summed E-state index contributed by atoms with van der Waals surface area (Å²) in [6.45, 7) is 1.52. The van der Waals surface area contributed by atoms with Gasteiger partial charge in [0.25, 0.3) is 5.69 Å². The molecule has 0 radical (unpaired) electrons. The van der Waals surface area contributed by atoms with Crippen LogP contribution in [0, 0.1) is 17.0 Å². The van der Waals surface area contributed by atoms with Crippen molar-refractivity contribution in [1.82, 2.24) is 0 Å². The number of aromatic carboxylic acids is 1. The monoisotopic (exact) mass is 289 g/mol. The Kier molecular flexibility index (Phi) is 3.75. The molecular weight excluding hydrogens is 278 g/mol. The number of carbonyl (C=O) groups is 1. The lowest BCUT2D eigenvalue weighted by Gasteiger charge is -2.11. The van der Waals surface area contributed by atoms with Crippen LogP contribution in [0.15, 0.2) is 36.4 Å². The van der Waals surface area contributed by atoms with Gasteiger partial charge in [0.2, 0.25) is 0 Å². The number of non-ortho nitro benzene ring substituents is 1. The number of aromatic hydroxyl groups is 1. The fourth-order valence-corrected chi connectivity index (χ4v) is 1.73. The second kappa shape index (κ2) is 5.49. The van der Waals surface area contributed by atoms with Crippen LogP contribution in [0.25, 0.3) is 0 Å². The van der Waals surface area contributed by atoms with Crippen LogP contribution >= 0.6 is 0 Å². The van der Waals surface area contributed by atoms with E-state index in [-0.39, 0.29) is 28.3 Å². The molecule has 0 fully saturated rings. The zero-order valence-electron chi connectivity index (χ0n) is 10.9. The minimum absolute atomic E-state index is 0.0665. The van der Waals surface area contributed by atoms with Crippen LogP contribution in [0.4, 0.5) is 5.69 Å². The number of nitro groups is 1. The Hall–Kier alpha value is -3.09.